The first-order valence-electron chi connectivity index (χ1n) is 8.91. The van der Waals surface area contributed by atoms with Crippen molar-refractivity contribution in [2.24, 2.45) is 12.0 Å². The zero-order chi connectivity index (χ0) is 18.7. The second-order valence-corrected chi connectivity index (χ2v) is 6.99. The average Bonchev–Trinajstić information content (AvgIpc) is 3.21. The number of nitrogens with one attached hydrogen (secondary N) is 2. The molecule has 140 valence electrons. The fourth-order valence-electron chi connectivity index (χ4n) is 2.99. The molecule has 1 saturated carbocycles. The molecule has 2 aromatic rings. The van der Waals surface area contributed by atoms with E-state index < -0.39 is 5.60 Å². The Bertz CT molecular complexity index is 786. The van der Waals surface area contributed by atoms with Gasteiger partial charge < -0.3 is 15.7 Å². The van der Waals surface area contributed by atoms with Crippen molar-refractivity contribution in [1.29, 1.82) is 0 Å². The maximum atomic E-state index is 13.9. The van der Waals surface area contributed by atoms with Crippen LogP contribution in [-0.2, 0) is 12.6 Å². The minimum absolute atomic E-state index is 0.146. The van der Waals surface area contributed by atoms with Crippen molar-refractivity contribution in [2.45, 2.75) is 37.8 Å². The number of aromatic nitrogens is 2. The lowest BCUT2D eigenvalue weighted by atomic mass is 10.0. The number of halogens is 1. The predicted octanol–water partition coefficient (Wildman–Crippen LogP) is 1.88. The zero-order valence-electron chi connectivity index (χ0n) is 15.4. The Labute approximate surface area is 153 Å². The van der Waals surface area contributed by atoms with Crippen LogP contribution in [0.1, 0.15) is 37.3 Å². The van der Waals surface area contributed by atoms with Crippen LogP contribution in [0, 0.1) is 5.82 Å². The summed E-state index contributed by atoms with van der Waals surface area (Å²) in [5.74, 6) is 0.614. The molecule has 3 rings (SSSR count). The molecule has 1 aliphatic rings. The molecule has 1 heterocycles. The lowest BCUT2D eigenvalue weighted by Crippen LogP contribution is -2.40. The number of rotatable bonds is 6. The van der Waals surface area contributed by atoms with E-state index in [1.165, 1.54) is 6.07 Å². The number of aliphatic hydroxyl groups is 1. The molecule has 7 heteroatoms. The summed E-state index contributed by atoms with van der Waals surface area (Å²) in [7, 11) is 1.81. The van der Waals surface area contributed by atoms with Gasteiger partial charge in [0.1, 0.15) is 11.4 Å². The fourth-order valence-corrected chi connectivity index (χ4v) is 2.99. The fraction of sp³-hybridized carbons (Fsp3) is 0.474. The molecule has 0 bridgehead atoms. The first-order chi connectivity index (χ1) is 12.4. The summed E-state index contributed by atoms with van der Waals surface area (Å²) in [4.78, 5) is 4.52. The van der Waals surface area contributed by atoms with Crippen molar-refractivity contribution in [3.8, 4) is 0 Å². The first kappa shape index (κ1) is 18.4. The summed E-state index contributed by atoms with van der Waals surface area (Å²) in [5.41, 5.74) is 0.351. The van der Waals surface area contributed by atoms with Crippen molar-refractivity contribution in [2.75, 3.05) is 13.1 Å². The smallest absolute Gasteiger partial charge is 0.191 e. The summed E-state index contributed by atoms with van der Waals surface area (Å²) in [5, 5.41) is 21.3. The van der Waals surface area contributed by atoms with Crippen LogP contribution in [0.15, 0.2) is 41.7 Å². The van der Waals surface area contributed by atoms with Gasteiger partial charge >= 0.3 is 0 Å². The molecule has 0 amide bonds. The molecular formula is C19H26FN5O. The Morgan fingerprint density at radius 3 is 2.88 bits per heavy atom. The van der Waals surface area contributed by atoms with Gasteiger partial charge in [0, 0.05) is 37.3 Å². The van der Waals surface area contributed by atoms with E-state index in [9.17, 15) is 9.50 Å². The number of aryl methyl sites for hydroxylation is 1. The Kier molecular flexibility index (Phi) is 5.27. The van der Waals surface area contributed by atoms with Crippen LogP contribution in [0.4, 0.5) is 4.39 Å². The van der Waals surface area contributed by atoms with E-state index in [0.29, 0.717) is 12.5 Å². The number of aliphatic imine (C=N–C) groups is 1. The van der Waals surface area contributed by atoms with E-state index in [4.69, 9.17) is 0 Å². The van der Waals surface area contributed by atoms with Crippen molar-refractivity contribution in [1.82, 2.24) is 20.4 Å². The van der Waals surface area contributed by atoms with Crippen LogP contribution in [0.5, 0.6) is 0 Å². The van der Waals surface area contributed by atoms with Crippen LogP contribution < -0.4 is 10.6 Å². The monoisotopic (exact) mass is 359 g/mol. The highest BCUT2D eigenvalue weighted by Gasteiger charge is 2.40. The van der Waals surface area contributed by atoms with Gasteiger partial charge in [-0.15, -0.1) is 0 Å². The van der Waals surface area contributed by atoms with E-state index in [2.05, 4.69) is 20.7 Å². The van der Waals surface area contributed by atoms with Crippen molar-refractivity contribution < 1.29 is 9.50 Å². The maximum absolute atomic E-state index is 13.9. The average molecular weight is 359 g/mol. The lowest BCUT2D eigenvalue weighted by Gasteiger charge is -2.20. The molecule has 0 aliphatic heterocycles. The van der Waals surface area contributed by atoms with Gasteiger partial charge in [0.2, 0.25) is 0 Å². The number of nitrogens with zero attached hydrogens (tertiary/aromatic N) is 3. The van der Waals surface area contributed by atoms with E-state index >= 15 is 0 Å². The third-order valence-electron chi connectivity index (χ3n) is 4.63. The molecule has 3 N–H and O–H groups in total. The molecule has 3 unspecified atom stereocenters. The predicted molar refractivity (Wildman–Crippen MR) is 99.4 cm³/mol. The SMILES string of the molecule is CCNC(=NCC(C)(O)c1cnn(C)c1)NC1CC1c1ccccc1F. The molecule has 0 saturated heterocycles. The van der Waals surface area contributed by atoms with E-state index in [0.717, 1.165) is 17.5 Å². The van der Waals surface area contributed by atoms with Crippen LogP contribution in [0.25, 0.3) is 0 Å². The number of hydrogen-bond donors (Lipinski definition) is 3. The van der Waals surface area contributed by atoms with Crippen molar-refractivity contribution >= 4 is 5.96 Å². The normalized spacial score (nSPS) is 22.0. The Hall–Kier alpha value is -2.41. The van der Waals surface area contributed by atoms with Gasteiger partial charge in [-0.05, 0) is 31.9 Å². The second kappa shape index (κ2) is 7.45. The van der Waals surface area contributed by atoms with Gasteiger partial charge in [-0.2, -0.15) is 5.10 Å². The molecular weight excluding hydrogens is 333 g/mol. The molecule has 0 spiro atoms. The van der Waals surface area contributed by atoms with Gasteiger partial charge in [-0.1, -0.05) is 18.2 Å². The van der Waals surface area contributed by atoms with Crippen LogP contribution >= 0.6 is 0 Å². The molecule has 1 fully saturated rings. The third kappa shape index (κ3) is 4.22. The summed E-state index contributed by atoms with van der Waals surface area (Å²) >= 11 is 0. The Morgan fingerprint density at radius 1 is 1.46 bits per heavy atom. The molecule has 26 heavy (non-hydrogen) atoms. The van der Waals surface area contributed by atoms with Crippen molar-refractivity contribution in [3.63, 3.8) is 0 Å². The molecule has 6 nitrogen and oxygen atoms in total. The zero-order valence-corrected chi connectivity index (χ0v) is 15.4. The van der Waals surface area contributed by atoms with Gasteiger partial charge in [-0.3, -0.25) is 4.68 Å². The lowest BCUT2D eigenvalue weighted by molar-refractivity contribution is 0.0671. The topological polar surface area (TPSA) is 74.5 Å². The summed E-state index contributed by atoms with van der Waals surface area (Å²) in [6, 6.07) is 7.04. The van der Waals surface area contributed by atoms with Crippen molar-refractivity contribution in [3.05, 3.63) is 53.6 Å². The number of hydrogen-bond acceptors (Lipinski definition) is 3. The number of guanidine groups is 1. The van der Waals surface area contributed by atoms with Gasteiger partial charge in [0.15, 0.2) is 5.96 Å². The summed E-state index contributed by atoms with van der Waals surface area (Å²) in [6.45, 7) is 4.61. The molecule has 3 atom stereocenters. The quantitative estimate of drug-likeness (QED) is 0.544. The highest BCUT2D eigenvalue weighted by molar-refractivity contribution is 5.80. The minimum Gasteiger partial charge on any atom is -0.383 e. The molecule has 1 aliphatic carbocycles. The van der Waals surface area contributed by atoms with Gasteiger partial charge in [0.05, 0.1) is 12.7 Å². The molecule has 0 radical (unpaired) electrons. The summed E-state index contributed by atoms with van der Waals surface area (Å²) in [6.07, 6.45) is 4.29. The second-order valence-electron chi connectivity index (χ2n) is 6.99. The third-order valence-corrected chi connectivity index (χ3v) is 4.63. The van der Waals surface area contributed by atoms with Gasteiger partial charge in [-0.25, -0.2) is 9.38 Å². The highest BCUT2D eigenvalue weighted by atomic mass is 19.1. The summed E-state index contributed by atoms with van der Waals surface area (Å²) < 4.78 is 15.6. The first-order valence-corrected chi connectivity index (χ1v) is 8.91. The molecule has 1 aromatic carbocycles. The van der Waals surface area contributed by atoms with E-state index in [-0.39, 0.29) is 24.3 Å². The van der Waals surface area contributed by atoms with E-state index in [1.54, 1.807) is 30.1 Å². The Morgan fingerprint density at radius 2 is 2.23 bits per heavy atom. The minimum atomic E-state index is -1.11. The van der Waals surface area contributed by atoms with E-state index in [1.807, 2.05) is 26.1 Å². The van der Waals surface area contributed by atoms with Crippen LogP contribution in [0.3, 0.4) is 0 Å². The van der Waals surface area contributed by atoms with Crippen LogP contribution in [-0.4, -0.2) is 40.0 Å². The Balaban J connectivity index is 1.64. The molecule has 1 aromatic heterocycles. The number of benzene rings is 1. The standard InChI is InChI=1S/C19H26FN5O/c1-4-21-18(22-12-19(2,26)13-10-23-25(3)11-13)24-17-9-15(17)14-7-5-6-8-16(14)20/h5-8,10-11,15,17,26H,4,9,12H2,1-3H3,(H2,21,22,24). The van der Waals surface area contributed by atoms with Crippen LogP contribution in [0.2, 0.25) is 0 Å². The highest BCUT2D eigenvalue weighted by Crippen LogP contribution is 2.41. The van der Waals surface area contributed by atoms with Gasteiger partial charge in [0.25, 0.3) is 0 Å². The maximum Gasteiger partial charge on any atom is 0.191 e. The largest absolute Gasteiger partial charge is 0.383 e.